The summed E-state index contributed by atoms with van der Waals surface area (Å²) in [6.07, 6.45) is 6.47. The largest absolute Gasteiger partial charge is 0.274 e. The molecule has 1 aliphatic rings. The third-order valence-electron chi connectivity index (χ3n) is 3.26. The van der Waals surface area contributed by atoms with E-state index in [4.69, 9.17) is 11.6 Å². The molecule has 0 spiro atoms. The van der Waals surface area contributed by atoms with Gasteiger partial charge in [0, 0.05) is 19.0 Å². The molecule has 0 atom stereocenters. The van der Waals surface area contributed by atoms with Crippen LogP contribution in [0.15, 0.2) is 30.7 Å². The van der Waals surface area contributed by atoms with Gasteiger partial charge in [-0.1, -0.05) is 11.6 Å². The Balaban J connectivity index is 1.99. The van der Waals surface area contributed by atoms with E-state index in [0.29, 0.717) is 11.4 Å². The summed E-state index contributed by atoms with van der Waals surface area (Å²) in [5, 5.41) is 4.26. The molecule has 7 heteroatoms. The molecule has 0 aliphatic heterocycles. The van der Waals surface area contributed by atoms with Crippen molar-refractivity contribution in [2.45, 2.75) is 19.8 Å². The summed E-state index contributed by atoms with van der Waals surface area (Å²) in [6.45, 7) is 1.35. The number of halogens is 1. The molecule has 0 bridgehead atoms. The van der Waals surface area contributed by atoms with E-state index in [1.807, 2.05) is 0 Å². The van der Waals surface area contributed by atoms with E-state index in [0.717, 1.165) is 17.7 Å². The first-order chi connectivity index (χ1) is 10.1. The Morgan fingerprint density at radius 3 is 2.76 bits per heavy atom. The van der Waals surface area contributed by atoms with Gasteiger partial charge in [-0.05, 0) is 25.0 Å². The number of anilines is 1. The van der Waals surface area contributed by atoms with Crippen LogP contribution in [0.3, 0.4) is 0 Å². The second kappa shape index (κ2) is 5.29. The maximum Gasteiger partial charge on any atom is 0.237 e. The Bertz CT molecular complexity index is 694. The molecule has 2 heterocycles. The molecule has 2 aromatic rings. The normalized spacial score (nSPS) is 14.0. The van der Waals surface area contributed by atoms with Gasteiger partial charge in [0.25, 0.3) is 0 Å². The molecular formula is C14H13ClN4O2. The van der Waals surface area contributed by atoms with E-state index in [2.05, 4.69) is 10.1 Å². The number of hydrogen-bond donors (Lipinski definition) is 0. The summed E-state index contributed by atoms with van der Waals surface area (Å²) < 4.78 is 1.50. The Morgan fingerprint density at radius 1 is 1.43 bits per heavy atom. The zero-order valence-electron chi connectivity index (χ0n) is 11.4. The topological polar surface area (TPSA) is 68.1 Å². The van der Waals surface area contributed by atoms with E-state index < -0.39 is 0 Å². The summed E-state index contributed by atoms with van der Waals surface area (Å²) in [7, 11) is 0. The molecule has 3 rings (SSSR count). The number of amides is 2. The average molecular weight is 305 g/mol. The molecule has 1 aliphatic carbocycles. The summed E-state index contributed by atoms with van der Waals surface area (Å²) in [6, 6.07) is 3.57. The maximum atomic E-state index is 12.2. The van der Waals surface area contributed by atoms with Gasteiger partial charge in [-0.25, -0.2) is 9.58 Å². The molecule has 1 saturated carbocycles. The SMILES string of the molecule is CC(=O)N(C(=O)C1CC1)c1cn(-c2cccnc2)nc1Cl. The Kier molecular flexibility index (Phi) is 3.47. The van der Waals surface area contributed by atoms with Crippen molar-refractivity contribution in [3.05, 3.63) is 35.9 Å². The van der Waals surface area contributed by atoms with Crippen LogP contribution < -0.4 is 4.90 Å². The lowest BCUT2D eigenvalue weighted by Gasteiger charge is -2.17. The summed E-state index contributed by atoms with van der Waals surface area (Å²) >= 11 is 6.10. The molecule has 2 amide bonds. The predicted octanol–water partition coefficient (Wildman–Crippen LogP) is 2.21. The minimum Gasteiger partial charge on any atom is -0.274 e. The van der Waals surface area contributed by atoms with Crippen molar-refractivity contribution < 1.29 is 9.59 Å². The van der Waals surface area contributed by atoms with E-state index in [-0.39, 0.29) is 22.9 Å². The van der Waals surface area contributed by atoms with Crippen LogP contribution in [0.4, 0.5) is 5.69 Å². The molecule has 1 fully saturated rings. The van der Waals surface area contributed by atoms with Crippen molar-refractivity contribution >= 4 is 29.1 Å². The van der Waals surface area contributed by atoms with Crippen LogP contribution in [0.1, 0.15) is 19.8 Å². The van der Waals surface area contributed by atoms with Gasteiger partial charge in [0.1, 0.15) is 5.69 Å². The first-order valence-electron chi connectivity index (χ1n) is 6.58. The zero-order chi connectivity index (χ0) is 15.0. The third-order valence-corrected chi connectivity index (χ3v) is 3.53. The lowest BCUT2D eigenvalue weighted by Crippen LogP contribution is -2.36. The van der Waals surface area contributed by atoms with Crippen molar-refractivity contribution in [1.29, 1.82) is 0 Å². The number of pyridine rings is 1. The minimum atomic E-state index is -0.362. The monoisotopic (exact) mass is 304 g/mol. The minimum absolute atomic E-state index is 0.0771. The molecule has 21 heavy (non-hydrogen) atoms. The first-order valence-corrected chi connectivity index (χ1v) is 6.96. The van der Waals surface area contributed by atoms with Gasteiger partial charge >= 0.3 is 0 Å². The summed E-state index contributed by atoms with van der Waals surface area (Å²) in [4.78, 5) is 29.2. The smallest absolute Gasteiger partial charge is 0.237 e. The van der Waals surface area contributed by atoms with Crippen molar-refractivity contribution in [3.63, 3.8) is 0 Å². The number of rotatable bonds is 3. The van der Waals surface area contributed by atoms with E-state index in [1.165, 1.54) is 11.6 Å². The third kappa shape index (κ3) is 2.67. The van der Waals surface area contributed by atoms with Crippen molar-refractivity contribution in [2.75, 3.05) is 4.90 Å². The van der Waals surface area contributed by atoms with Crippen LogP contribution in [-0.4, -0.2) is 26.6 Å². The van der Waals surface area contributed by atoms with Crippen molar-refractivity contribution in [1.82, 2.24) is 14.8 Å². The number of aromatic nitrogens is 3. The standard InChI is InChI=1S/C14H13ClN4O2/c1-9(20)19(14(21)10-4-5-10)12-8-18(17-13(12)15)11-3-2-6-16-7-11/h2-3,6-8,10H,4-5H2,1H3. The fourth-order valence-corrected chi connectivity index (χ4v) is 2.29. The molecule has 0 unspecified atom stereocenters. The highest BCUT2D eigenvalue weighted by Crippen LogP contribution is 2.35. The van der Waals surface area contributed by atoms with Gasteiger partial charge in [-0.15, -0.1) is 0 Å². The molecule has 0 radical (unpaired) electrons. The molecule has 6 nitrogen and oxygen atoms in total. The van der Waals surface area contributed by atoms with E-state index >= 15 is 0 Å². The van der Waals surface area contributed by atoms with Crippen LogP contribution >= 0.6 is 11.6 Å². The molecular weight excluding hydrogens is 292 g/mol. The zero-order valence-corrected chi connectivity index (χ0v) is 12.1. The lowest BCUT2D eigenvalue weighted by atomic mass is 10.3. The fraction of sp³-hybridized carbons (Fsp3) is 0.286. The molecule has 0 N–H and O–H groups in total. The van der Waals surface area contributed by atoms with Gasteiger partial charge in [-0.3, -0.25) is 14.6 Å². The number of imide groups is 1. The fourth-order valence-electron chi connectivity index (χ4n) is 2.07. The lowest BCUT2D eigenvalue weighted by molar-refractivity contribution is -0.126. The van der Waals surface area contributed by atoms with Crippen LogP contribution in [0, 0.1) is 5.92 Å². The van der Waals surface area contributed by atoms with E-state index in [9.17, 15) is 9.59 Å². The van der Waals surface area contributed by atoms with Gasteiger partial charge in [-0.2, -0.15) is 5.10 Å². The summed E-state index contributed by atoms with van der Waals surface area (Å²) in [5.74, 6) is -0.651. The molecule has 0 aromatic carbocycles. The van der Waals surface area contributed by atoms with E-state index in [1.54, 1.807) is 30.7 Å². The van der Waals surface area contributed by atoms with Gasteiger partial charge in [0.05, 0.1) is 18.1 Å². The molecule has 108 valence electrons. The Labute approximate surface area is 126 Å². The van der Waals surface area contributed by atoms with Gasteiger partial charge in [0.15, 0.2) is 5.15 Å². The van der Waals surface area contributed by atoms with Crippen LogP contribution in [0.25, 0.3) is 5.69 Å². The summed E-state index contributed by atoms with van der Waals surface area (Å²) in [5.41, 5.74) is 1.01. The number of carbonyl (C=O) groups excluding carboxylic acids is 2. The van der Waals surface area contributed by atoms with Crippen LogP contribution in [0.2, 0.25) is 5.15 Å². The second-order valence-electron chi connectivity index (χ2n) is 4.93. The maximum absolute atomic E-state index is 12.2. The number of nitrogens with zero attached hydrogens (tertiary/aromatic N) is 4. The van der Waals surface area contributed by atoms with Gasteiger partial charge < -0.3 is 0 Å². The highest BCUT2D eigenvalue weighted by molar-refractivity contribution is 6.34. The first kappa shape index (κ1) is 13.8. The van der Waals surface area contributed by atoms with Crippen LogP contribution in [0.5, 0.6) is 0 Å². The second-order valence-corrected chi connectivity index (χ2v) is 5.29. The average Bonchev–Trinajstić information content (AvgIpc) is 3.25. The Morgan fingerprint density at radius 2 is 2.19 bits per heavy atom. The Hall–Kier alpha value is -2.21. The predicted molar refractivity (Wildman–Crippen MR) is 77.3 cm³/mol. The van der Waals surface area contributed by atoms with Crippen molar-refractivity contribution in [2.24, 2.45) is 5.92 Å². The highest BCUT2D eigenvalue weighted by Gasteiger charge is 2.37. The quantitative estimate of drug-likeness (QED) is 0.872. The highest BCUT2D eigenvalue weighted by atomic mass is 35.5. The van der Waals surface area contributed by atoms with Crippen LogP contribution in [-0.2, 0) is 9.59 Å². The molecule has 2 aromatic heterocycles. The van der Waals surface area contributed by atoms with Crippen molar-refractivity contribution in [3.8, 4) is 5.69 Å². The number of carbonyl (C=O) groups is 2. The van der Waals surface area contributed by atoms with Gasteiger partial charge in [0.2, 0.25) is 11.8 Å². The molecule has 0 saturated heterocycles. The number of hydrogen-bond acceptors (Lipinski definition) is 4.